The largest absolute Gasteiger partial charge is 0.370 e. The SMILES string of the molecule is CN(C)c1ccc(/C=C/C2=CC(=C(C#N)C#N)CC(C)(C)C2)s1. The summed E-state index contributed by atoms with van der Waals surface area (Å²) in [5, 5.41) is 19.5. The van der Waals surface area contributed by atoms with E-state index in [1.807, 2.05) is 32.3 Å². The molecule has 0 N–H and O–H groups in total. The zero-order valence-electron chi connectivity index (χ0n) is 14.1. The molecule has 1 aromatic rings. The highest BCUT2D eigenvalue weighted by Gasteiger charge is 2.26. The average molecular weight is 323 g/mol. The summed E-state index contributed by atoms with van der Waals surface area (Å²) in [4.78, 5) is 3.29. The van der Waals surface area contributed by atoms with Crippen LogP contribution in [0.5, 0.6) is 0 Å². The number of anilines is 1. The minimum absolute atomic E-state index is 0.0625. The molecule has 1 aliphatic rings. The van der Waals surface area contributed by atoms with Gasteiger partial charge in [0, 0.05) is 19.0 Å². The van der Waals surface area contributed by atoms with Crippen molar-refractivity contribution in [2.75, 3.05) is 19.0 Å². The average Bonchev–Trinajstić information content (AvgIpc) is 2.94. The molecule has 0 aromatic carbocycles. The van der Waals surface area contributed by atoms with Crippen LogP contribution in [-0.4, -0.2) is 14.1 Å². The molecular weight excluding hydrogens is 302 g/mol. The first-order valence-corrected chi connectivity index (χ1v) is 8.35. The molecule has 0 aliphatic heterocycles. The van der Waals surface area contributed by atoms with Gasteiger partial charge < -0.3 is 4.90 Å². The summed E-state index contributed by atoms with van der Waals surface area (Å²) < 4.78 is 0. The van der Waals surface area contributed by atoms with E-state index < -0.39 is 0 Å². The van der Waals surface area contributed by atoms with Gasteiger partial charge in [-0.05, 0) is 47.6 Å². The molecule has 0 radical (unpaired) electrons. The maximum atomic E-state index is 9.12. The van der Waals surface area contributed by atoms with Crippen molar-refractivity contribution < 1.29 is 0 Å². The van der Waals surface area contributed by atoms with Crippen molar-refractivity contribution in [1.82, 2.24) is 0 Å². The van der Waals surface area contributed by atoms with E-state index >= 15 is 0 Å². The Morgan fingerprint density at radius 1 is 1.17 bits per heavy atom. The first-order chi connectivity index (χ1) is 10.8. The third-order valence-electron chi connectivity index (χ3n) is 3.77. The Kier molecular flexibility index (Phi) is 5.08. The minimum atomic E-state index is 0.0625. The predicted octanol–water partition coefficient (Wildman–Crippen LogP) is 4.92. The van der Waals surface area contributed by atoms with Crippen molar-refractivity contribution in [3.63, 3.8) is 0 Å². The zero-order valence-corrected chi connectivity index (χ0v) is 14.9. The summed E-state index contributed by atoms with van der Waals surface area (Å²) in [7, 11) is 4.07. The lowest BCUT2D eigenvalue weighted by molar-refractivity contribution is 0.354. The Hall–Kier alpha value is -2.30. The Morgan fingerprint density at radius 3 is 2.43 bits per heavy atom. The van der Waals surface area contributed by atoms with Crippen molar-refractivity contribution in [3.05, 3.63) is 45.9 Å². The second kappa shape index (κ2) is 6.86. The van der Waals surface area contributed by atoms with Gasteiger partial charge in [0.25, 0.3) is 0 Å². The van der Waals surface area contributed by atoms with Crippen LogP contribution < -0.4 is 4.90 Å². The first kappa shape index (κ1) is 17.1. The van der Waals surface area contributed by atoms with Gasteiger partial charge in [0.05, 0.1) is 5.00 Å². The van der Waals surface area contributed by atoms with Gasteiger partial charge in [-0.15, -0.1) is 11.3 Å². The van der Waals surface area contributed by atoms with E-state index in [0.29, 0.717) is 0 Å². The molecule has 0 unspecified atom stereocenters. The fourth-order valence-corrected chi connectivity index (χ4v) is 3.59. The molecule has 1 aliphatic carbocycles. The lowest BCUT2D eigenvalue weighted by Crippen LogP contribution is -2.17. The monoisotopic (exact) mass is 323 g/mol. The predicted molar refractivity (Wildman–Crippen MR) is 97.0 cm³/mol. The number of thiophene rings is 1. The van der Waals surface area contributed by atoms with Gasteiger partial charge in [0.15, 0.2) is 0 Å². The standard InChI is InChI=1S/C19H21N3S/c1-19(2)10-14(9-15(11-19)16(12-20)13-21)5-6-17-7-8-18(23-17)22(3)4/h5-9H,10-11H2,1-4H3/b6-5+. The summed E-state index contributed by atoms with van der Waals surface area (Å²) in [6.07, 6.45) is 7.94. The van der Waals surface area contributed by atoms with Crippen LogP contribution in [0, 0.1) is 28.1 Å². The molecule has 23 heavy (non-hydrogen) atoms. The fraction of sp³-hybridized carbons (Fsp3) is 0.368. The highest BCUT2D eigenvalue weighted by Crippen LogP contribution is 2.39. The third-order valence-corrected chi connectivity index (χ3v) is 4.99. The summed E-state index contributed by atoms with van der Waals surface area (Å²) in [6, 6.07) is 8.25. The van der Waals surface area contributed by atoms with Crippen LogP contribution in [0.3, 0.4) is 0 Å². The van der Waals surface area contributed by atoms with Crippen molar-refractivity contribution >= 4 is 22.4 Å². The van der Waals surface area contributed by atoms with Crippen LogP contribution in [0.1, 0.15) is 31.6 Å². The molecule has 1 heterocycles. The van der Waals surface area contributed by atoms with Gasteiger partial charge in [-0.3, -0.25) is 0 Å². The smallest absolute Gasteiger partial charge is 0.132 e. The Balaban J connectivity index is 2.30. The van der Waals surface area contributed by atoms with Crippen LogP contribution in [-0.2, 0) is 0 Å². The minimum Gasteiger partial charge on any atom is -0.370 e. The van der Waals surface area contributed by atoms with Crippen molar-refractivity contribution in [2.45, 2.75) is 26.7 Å². The number of allylic oxidation sites excluding steroid dienone is 5. The van der Waals surface area contributed by atoms with E-state index in [1.165, 1.54) is 15.5 Å². The van der Waals surface area contributed by atoms with Gasteiger partial charge in [-0.2, -0.15) is 10.5 Å². The summed E-state index contributed by atoms with van der Waals surface area (Å²) in [6.45, 7) is 4.35. The lowest BCUT2D eigenvalue weighted by Gasteiger charge is -2.30. The molecular formula is C19H21N3S. The van der Waals surface area contributed by atoms with E-state index in [-0.39, 0.29) is 11.0 Å². The second-order valence-corrected chi connectivity index (χ2v) is 7.86. The molecule has 0 spiro atoms. The topological polar surface area (TPSA) is 50.8 Å². The van der Waals surface area contributed by atoms with Crippen LogP contribution in [0.2, 0.25) is 0 Å². The van der Waals surface area contributed by atoms with Gasteiger partial charge in [-0.1, -0.05) is 26.0 Å². The zero-order chi connectivity index (χ0) is 17.0. The highest BCUT2D eigenvalue weighted by atomic mass is 32.1. The molecule has 118 valence electrons. The number of hydrogen-bond acceptors (Lipinski definition) is 4. The van der Waals surface area contributed by atoms with Crippen molar-refractivity contribution in [2.24, 2.45) is 5.41 Å². The number of rotatable bonds is 3. The normalized spacial score (nSPS) is 16.6. The molecule has 0 bridgehead atoms. The summed E-state index contributed by atoms with van der Waals surface area (Å²) >= 11 is 1.74. The van der Waals surface area contributed by atoms with Crippen molar-refractivity contribution in [1.29, 1.82) is 10.5 Å². The molecule has 4 heteroatoms. The highest BCUT2D eigenvalue weighted by molar-refractivity contribution is 7.16. The van der Waals surface area contributed by atoms with Crippen LogP contribution in [0.25, 0.3) is 6.08 Å². The van der Waals surface area contributed by atoms with Gasteiger partial charge >= 0.3 is 0 Å². The quantitative estimate of drug-likeness (QED) is 0.742. The molecule has 0 saturated carbocycles. The fourth-order valence-electron chi connectivity index (χ4n) is 2.75. The Labute approximate surface area is 142 Å². The van der Waals surface area contributed by atoms with E-state index in [2.05, 4.69) is 43.0 Å². The second-order valence-electron chi connectivity index (χ2n) is 6.76. The van der Waals surface area contributed by atoms with E-state index in [4.69, 9.17) is 10.5 Å². The third kappa shape index (κ3) is 4.34. The number of nitrogens with zero attached hydrogens (tertiary/aromatic N) is 3. The van der Waals surface area contributed by atoms with E-state index in [0.717, 1.165) is 18.4 Å². The van der Waals surface area contributed by atoms with Gasteiger partial charge in [0.2, 0.25) is 0 Å². The molecule has 0 fully saturated rings. The molecule has 0 atom stereocenters. The molecule has 0 saturated heterocycles. The molecule has 2 rings (SSSR count). The van der Waals surface area contributed by atoms with Crippen LogP contribution in [0.4, 0.5) is 5.00 Å². The van der Waals surface area contributed by atoms with E-state index in [9.17, 15) is 0 Å². The number of hydrogen-bond donors (Lipinski definition) is 0. The van der Waals surface area contributed by atoms with Crippen molar-refractivity contribution in [3.8, 4) is 12.1 Å². The first-order valence-electron chi connectivity index (χ1n) is 7.54. The van der Waals surface area contributed by atoms with Gasteiger partial charge in [0.1, 0.15) is 17.7 Å². The summed E-state index contributed by atoms with van der Waals surface area (Å²) in [5.74, 6) is 0. The van der Waals surface area contributed by atoms with Gasteiger partial charge in [-0.25, -0.2) is 0 Å². The van der Waals surface area contributed by atoms with Crippen LogP contribution >= 0.6 is 11.3 Å². The van der Waals surface area contributed by atoms with E-state index in [1.54, 1.807) is 11.3 Å². The number of nitriles is 2. The Bertz CT molecular complexity index is 745. The van der Waals surface area contributed by atoms with Crippen LogP contribution in [0.15, 0.2) is 41.0 Å². The molecule has 0 amide bonds. The maximum absolute atomic E-state index is 9.12. The molecule has 1 aromatic heterocycles. The Morgan fingerprint density at radius 2 is 1.87 bits per heavy atom. The molecule has 3 nitrogen and oxygen atoms in total. The maximum Gasteiger partial charge on any atom is 0.132 e. The lowest BCUT2D eigenvalue weighted by atomic mass is 9.74. The summed E-state index contributed by atoms with van der Waals surface area (Å²) in [5.41, 5.74) is 2.31.